The fraction of sp³-hybridized carbons (Fsp3) is 0.448. The van der Waals surface area contributed by atoms with Crippen LogP contribution in [0.3, 0.4) is 0 Å². The van der Waals surface area contributed by atoms with E-state index in [1.807, 2.05) is 24.3 Å². The maximum absolute atomic E-state index is 13.7. The molecule has 40 heavy (non-hydrogen) atoms. The topological polar surface area (TPSA) is 91.0 Å². The van der Waals surface area contributed by atoms with Crippen molar-refractivity contribution in [1.29, 1.82) is 5.26 Å². The Labute approximate surface area is 243 Å². The third kappa shape index (κ3) is 5.36. The highest BCUT2D eigenvalue weighted by Gasteiger charge is 2.34. The van der Waals surface area contributed by atoms with Crippen molar-refractivity contribution in [2.24, 2.45) is 0 Å². The summed E-state index contributed by atoms with van der Waals surface area (Å²) < 4.78 is 13.1. The molecule has 0 spiro atoms. The third-order valence-corrected chi connectivity index (χ3v) is 9.01. The first kappa shape index (κ1) is 28.2. The molecular weight excluding hydrogens is 546 g/mol. The molecule has 2 saturated heterocycles. The summed E-state index contributed by atoms with van der Waals surface area (Å²) in [4.78, 5) is 33.8. The predicted molar refractivity (Wildman–Crippen MR) is 161 cm³/mol. The molecule has 5 rings (SSSR count). The van der Waals surface area contributed by atoms with Crippen molar-refractivity contribution < 1.29 is 14.3 Å². The van der Waals surface area contributed by atoms with E-state index in [0.29, 0.717) is 39.4 Å². The zero-order chi connectivity index (χ0) is 28.4. The van der Waals surface area contributed by atoms with E-state index in [2.05, 4.69) is 29.7 Å². The molecule has 0 radical (unpaired) electrons. The van der Waals surface area contributed by atoms with Crippen molar-refractivity contribution in [3.63, 3.8) is 0 Å². The van der Waals surface area contributed by atoms with Gasteiger partial charge in [-0.05, 0) is 49.2 Å². The van der Waals surface area contributed by atoms with Crippen LogP contribution in [0.5, 0.6) is 11.5 Å². The molecule has 0 bridgehead atoms. The Bertz CT molecular complexity index is 1470. The van der Waals surface area contributed by atoms with Gasteiger partial charge in [-0.25, -0.2) is 0 Å². The van der Waals surface area contributed by atoms with E-state index in [9.17, 15) is 14.9 Å². The summed E-state index contributed by atoms with van der Waals surface area (Å²) in [6.07, 6.45) is 3.56. The summed E-state index contributed by atoms with van der Waals surface area (Å²) in [5.74, 6) is 1.92. The molecular formula is C29H33N5O4S2. The van der Waals surface area contributed by atoms with Crippen LogP contribution in [-0.4, -0.2) is 64.1 Å². The van der Waals surface area contributed by atoms with E-state index in [0.717, 1.165) is 62.5 Å². The van der Waals surface area contributed by atoms with Crippen molar-refractivity contribution in [3.8, 4) is 17.6 Å². The van der Waals surface area contributed by atoms with Gasteiger partial charge in [0, 0.05) is 38.3 Å². The number of amides is 1. The molecule has 0 unspecified atom stereocenters. The van der Waals surface area contributed by atoms with Gasteiger partial charge >= 0.3 is 0 Å². The Balaban J connectivity index is 1.54. The molecule has 210 valence electrons. The lowest BCUT2D eigenvalue weighted by Gasteiger charge is -2.37. The van der Waals surface area contributed by atoms with Crippen molar-refractivity contribution >= 4 is 46.1 Å². The lowest BCUT2D eigenvalue weighted by Crippen LogP contribution is -2.48. The van der Waals surface area contributed by atoms with Crippen LogP contribution >= 0.6 is 24.0 Å². The number of ether oxygens (including phenoxy) is 2. The quantitative estimate of drug-likeness (QED) is 0.339. The van der Waals surface area contributed by atoms with Crippen LogP contribution in [-0.2, 0) is 17.9 Å². The highest BCUT2D eigenvalue weighted by atomic mass is 32.2. The summed E-state index contributed by atoms with van der Waals surface area (Å²) >= 11 is 6.87. The minimum atomic E-state index is -0.270. The number of anilines is 1. The Hall–Kier alpha value is -3.33. The first-order valence-electron chi connectivity index (χ1n) is 13.6. The standard InChI is InChI=1S/C29H33N5O4S2/c1-4-6-9-33-26(32-12-10-31(5-2)11-13-32)21(19(3)22(16-30)27(33)35)15-25-28(36)34(29(39)40-25)17-20-7-8-23-24(14-20)38-18-37-23/h7-8,14-15H,4-6,9-13,17-18H2,1-3H3/b25-15-. The van der Waals surface area contributed by atoms with Crippen LogP contribution in [0.1, 0.15) is 48.9 Å². The number of nitrogens with zero attached hydrogens (tertiary/aromatic N) is 5. The summed E-state index contributed by atoms with van der Waals surface area (Å²) in [5, 5.41) is 9.94. The van der Waals surface area contributed by atoms with Crippen molar-refractivity contribution in [1.82, 2.24) is 14.4 Å². The van der Waals surface area contributed by atoms with E-state index in [1.54, 1.807) is 16.4 Å². The number of hydrogen-bond donors (Lipinski definition) is 0. The van der Waals surface area contributed by atoms with Gasteiger partial charge in [0.2, 0.25) is 6.79 Å². The second kappa shape index (κ2) is 12.0. The number of benzene rings is 1. The SMILES string of the molecule is CCCCn1c(N2CCN(CC)CC2)c(/C=C2\SC(=S)N(Cc3ccc4c(c3)OCO4)C2=O)c(C)c(C#N)c1=O. The second-order valence-electron chi connectivity index (χ2n) is 10.0. The van der Waals surface area contributed by atoms with Gasteiger partial charge in [-0.15, -0.1) is 0 Å². The molecule has 4 heterocycles. The molecule has 1 aromatic heterocycles. The monoisotopic (exact) mass is 579 g/mol. The molecule has 1 amide bonds. The summed E-state index contributed by atoms with van der Waals surface area (Å²) in [7, 11) is 0. The third-order valence-electron chi connectivity index (χ3n) is 7.63. The molecule has 11 heteroatoms. The van der Waals surface area contributed by atoms with E-state index in [4.69, 9.17) is 21.7 Å². The normalized spacial score (nSPS) is 18.2. The van der Waals surface area contributed by atoms with Crippen LogP contribution in [0.15, 0.2) is 27.9 Å². The Morgan fingerprint density at radius 3 is 2.58 bits per heavy atom. The highest BCUT2D eigenvalue weighted by Crippen LogP contribution is 2.38. The number of likely N-dealkylation sites (N-methyl/N-ethyl adjacent to an activating group) is 1. The molecule has 0 N–H and O–H groups in total. The zero-order valence-corrected chi connectivity index (χ0v) is 24.7. The van der Waals surface area contributed by atoms with Crippen molar-refractivity contribution in [3.05, 3.63) is 55.7 Å². The molecule has 1 aromatic carbocycles. The first-order chi connectivity index (χ1) is 19.4. The lowest BCUT2D eigenvalue weighted by atomic mass is 10.0. The first-order valence-corrected chi connectivity index (χ1v) is 14.9. The number of unbranched alkanes of at least 4 members (excludes halogenated alkanes) is 1. The molecule has 0 saturated carbocycles. The molecule has 3 aliphatic rings. The number of aromatic nitrogens is 1. The number of pyridine rings is 1. The van der Waals surface area contributed by atoms with Gasteiger partial charge in [-0.2, -0.15) is 5.26 Å². The number of nitriles is 1. The smallest absolute Gasteiger partial charge is 0.270 e. The molecule has 2 fully saturated rings. The minimum Gasteiger partial charge on any atom is -0.454 e. The number of hydrogen-bond acceptors (Lipinski definition) is 9. The van der Waals surface area contributed by atoms with E-state index in [-0.39, 0.29) is 23.8 Å². The summed E-state index contributed by atoms with van der Waals surface area (Å²) in [5.41, 5.74) is 2.06. The molecule has 9 nitrogen and oxygen atoms in total. The zero-order valence-electron chi connectivity index (χ0n) is 23.1. The second-order valence-corrected chi connectivity index (χ2v) is 11.7. The maximum Gasteiger partial charge on any atom is 0.270 e. The van der Waals surface area contributed by atoms with Crippen LogP contribution < -0.4 is 19.9 Å². The number of carbonyl (C=O) groups is 1. The molecule has 2 aromatic rings. The Morgan fingerprint density at radius 1 is 1.12 bits per heavy atom. The summed E-state index contributed by atoms with van der Waals surface area (Å²) in [6.45, 7) is 11.3. The summed E-state index contributed by atoms with van der Waals surface area (Å²) in [6, 6.07) is 7.74. The predicted octanol–water partition coefficient (Wildman–Crippen LogP) is 4.10. The Kier molecular flexibility index (Phi) is 8.49. The van der Waals surface area contributed by atoms with Gasteiger partial charge in [0.15, 0.2) is 11.5 Å². The van der Waals surface area contributed by atoms with Crippen molar-refractivity contribution in [2.75, 3.05) is 44.4 Å². The highest BCUT2D eigenvalue weighted by molar-refractivity contribution is 8.26. The number of fused-ring (bicyclic) bond motifs is 1. The number of rotatable bonds is 8. The number of piperazine rings is 1. The van der Waals surface area contributed by atoms with Crippen LogP contribution in [0, 0.1) is 18.3 Å². The van der Waals surface area contributed by atoms with E-state index < -0.39 is 0 Å². The van der Waals surface area contributed by atoms with Gasteiger partial charge < -0.3 is 19.3 Å². The number of carbonyl (C=O) groups excluding carboxylic acids is 1. The van der Waals surface area contributed by atoms with Crippen LogP contribution in [0.2, 0.25) is 0 Å². The van der Waals surface area contributed by atoms with Gasteiger partial charge in [-0.1, -0.05) is 50.3 Å². The fourth-order valence-corrected chi connectivity index (χ4v) is 6.51. The molecule has 0 atom stereocenters. The average molecular weight is 580 g/mol. The minimum absolute atomic E-state index is 0.120. The van der Waals surface area contributed by atoms with Crippen LogP contribution in [0.25, 0.3) is 6.08 Å². The largest absolute Gasteiger partial charge is 0.454 e. The molecule has 3 aliphatic heterocycles. The molecule has 0 aliphatic carbocycles. The number of thiocarbonyl (C=S) groups is 1. The van der Waals surface area contributed by atoms with Gasteiger partial charge in [0.1, 0.15) is 21.8 Å². The number of thioether (sulfide) groups is 1. The van der Waals surface area contributed by atoms with E-state index in [1.165, 1.54) is 11.8 Å². The Morgan fingerprint density at radius 2 is 1.88 bits per heavy atom. The van der Waals surface area contributed by atoms with Gasteiger partial charge in [-0.3, -0.25) is 19.1 Å². The van der Waals surface area contributed by atoms with Crippen LogP contribution in [0.4, 0.5) is 5.82 Å². The lowest BCUT2D eigenvalue weighted by molar-refractivity contribution is -0.122. The van der Waals surface area contributed by atoms with Gasteiger partial charge in [0.25, 0.3) is 11.5 Å². The van der Waals surface area contributed by atoms with Crippen molar-refractivity contribution in [2.45, 2.75) is 46.7 Å². The average Bonchev–Trinajstić information content (AvgIpc) is 3.53. The van der Waals surface area contributed by atoms with Gasteiger partial charge in [0.05, 0.1) is 11.4 Å². The fourth-order valence-electron chi connectivity index (χ4n) is 5.27. The maximum atomic E-state index is 13.7. The van der Waals surface area contributed by atoms with E-state index >= 15 is 0 Å².